The molecule has 6 rings (SSSR count). The van der Waals surface area contributed by atoms with Crippen LogP contribution in [0.2, 0.25) is 5.02 Å². The summed E-state index contributed by atoms with van der Waals surface area (Å²) in [7, 11) is 0. The topological polar surface area (TPSA) is 54.3 Å². The van der Waals surface area contributed by atoms with Gasteiger partial charge in [0.05, 0.1) is 5.39 Å². The van der Waals surface area contributed by atoms with Gasteiger partial charge in [-0.05, 0) is 48.0 Å². The number of aromatic nitrogens is 3. The Balaban J connectivity index is 1.37. The molecule has 184 valence electrons. The number of hydrogen-bond acceptors (Lipinski definition) is 4. The molecule has 0 atom stereocenters. The van der Waals surface area contributed by atoms with Crippen LogP contribution in [0.4, 0.5) is 10.2 Å². The molecule has 1 amide bonds. The van der Waals surface area contributed by atoms with Gasteiger partial charge in [-0.25, -0.2) is 14.4 Å². The lowest BCUT2D eigenvalue weighted by Crippen LogP contribution is -2.49. The fourth-order valence-corrected chi connectivity index (χ4v) is 5.04. The molecule has 8 heteroatoms. The van der Waals surface area contributed by atoms with Gasteiger partial charge in [0, 0.05) is 54.2 Å². The quantitative estimate of drug-likeness (QED) is 0.304. The first-order valence-electron chi connectivity index (χ1n) is 12.1. The molecule has 0 N–H and O–H groups in total. The van der Waals surface area contributed by atoms with Crippen molar-refractivity contribution in [2.24, 2.45) is 0 Å². The molecule has 1 fully saturated rings. The van der Waals surface area contributed by atoms with Crippen molar-refractivity contribution in [2.45, 2.75) is 0 Å². The zero-order chi connectivity index (χ0) is 25.4. The van der Waals surface area contributed by atoms with E-state index < -0.39 is 0 Å². The minimum absolute atomic E-state index is 0.0255. The van der Waals surface area contributed by atoms with Gasteiger partial charge >= 0.3 is 0 Å². The minimum Gasteiger partial charge on any atom is -0.352 e. The average Bonchev–Trinajstić information content (AvgIpc) is 3.34. The summed E-state index contributed by atoms with van der Waals surface area (Å²) < 4.78 is 15.6. The third-order valence-electron chi connectivity index (χ3n) is 6.69. The van der Waals surface area contributed by atoms with Gasteiger partial charge < -0.3 is 14.4 Å². The fraction of sp³-hybridized carbons (Fsp3) is 0.138. The monoisotopic (exact) mass is 511 g/mol. The fourth-order valence-electron chi connectivity index (χ4n) is 4.85. The van der Waals surface area contributed by atoms with Gasteiger partial charge in [-0.3, -0.25) is 4.79 Å². The van der Waals surface area contributed by atoms with Crippen molar-refractivity contribution in [2.75, 3.05) is 31.1 Å². The second-order valence-corrected chi connectivity index (χ2v) is 9.38. The molecule has 3 aromatic carbocycles. The number of amides is 1. The molecule has 5 aromatic rings. The van der Waals surface area contributed by atoms with Gasteiger partial charge in [0.15, 0.2) is 5.65 Å². The maximum atomic E-state index is 13.6. The summed E-state index contributed by atoms with van der Waals surface area (Å²) in [5, 5.41) is 1.47. The van der Waals surface area contributed by atoms with Crippen molar-refractivity contribution in [3.05, 3.63) is 108 Å². The summed E-state index contributed by atoms with van der Waals surface area (Å²) in [6, 6.07) is 23.5. The highest BCUT2D eigenvalue weighted by Gasteiger charge is 2.26. The lowest BCUT2D eigenvalue weighted by Gasteiger charge is -2.35. The first kappa shape index (κ1) is 23.2. The molecular formula is C29H23ClFN5O. The number of rotatable bonds is 4. The van der Waals surface area contributed by atoms with Crippen LogP contribution < -0.4 is 4.90 Å². The van der Waals surface area contributed by atoms with Gasteiger partial charge in [-0.1, -0.05) is 48.0 Å². The van der Waals surface area contributed by atoms with E-state index in [1.54, 1.807) is 42.7 Å². The zero-order valence-corrected chi connectivity index (χ0v) is 20.6. The van der Waals surface area contributed by atoms with E-state index in [-0.39, 0.29) is 11.7 Å². The second kappa shape index (κ2) is 9.67. The van der Waals surface area contributed by atoms with Crippen LogP contribution >= 0.6 is 11.6 Å². The standard InChI is InChI=1S/C29H23ClFN5O/c30-22-8-4-7-21(17-22)29(37)35-15-13-34(14-16-35)27-26-25(20-5-2-1-3-6-20)18-36(28(26)33-19-32-27)24-11-9-23(31)10-12-24/h1-12,17-19H,13-16H2. The molecule has 6 nitrogen and oxygen atoms in total. The Hall–Kier alpha value is -4.23. The Labute approximate surface area is 218 Å². The summed E-state index contributed by atoms with van der Waals surface area (Å²) >= 11 is 6.09. The van der Waals surface area contributed by atoms with E-state index >= 15 is 0 Å². The van der Waals surface area contributed by atoms with E-state index in [0.29, 0.717) is 36.8 Å². The van der Waals surface area contributed by atoms with Crippen LogP contribution in [-0.4, -0.2) is 51.5 Å². The van der Waals surface area contributed by atoms with E-state index in [9.17, 15) is 9.18 Å². The van der Waals surface area contributed by atoms with Crippen LogP contribution in [0.5, 0.6) is 0 Å². The lowest BCUT2D eigenvalue weighted by molar-refractivity contribution is 0.0746. The molecule has 0 bridgehead atoms. The van der Waals surface area contributed by atoms with Crippen LogP contribution in [-0.2, 0) is 0 Å². The Morgan fingerprint density at radius 3 is 2.35 bits per heavy atom. The largest absolute Gasteiger partial charge is 0.352 e. The molecule has 0 spiro atoms. The highest BCUT2D eigenvalue weighted by molar-refractivity contribution is 6.31. The number of piperazine rings is 1. The van der Waals surface area contributed by atoms with Crippen molar-refractivity contribution in [1.82, 2.24) is 19.4 Å². The summed E-state index contributed by atoms with van der Waals surface area (Å²) in [4.78, 5) is 26.4. The van der Waals surface area contributed by atoms with Crippen molar-refractivity contribution in [1.29, 1.82) is 0 Å². The molecule has 0 unspecified atom stereocenters. The lowest BCUT2D eigenvalue weighted by atomic mass is 10.1. The smallest absolute Gasteiger partial charge is 0.254 e. The van der Waals surface area contributed by atoms with Crippen LogP contribution in [0.3, 0.4) is 0 Å². The third kappa shape index (κ3) is 4.42. The van der Waals surface area contributed by atoms with Crippen LogP contribution in [0.25, 0.3) is 27.8 Å². The summed E-state index contributed by atoms with van der Waals surface area (Å²) in [5.74, 6) is 0.506. The Morgan fingerprint density at radius 2 is 1.62 bits per heavy atom. The van der Waals surface area contributed by atoms with Crippen molar-refractivity contribution < 1.29 is 9.18 Å². The highest BCUT2D eigenvalue weighted by atomic mass is 35.5. The molecule has 37 heavy (non-hydrogen) atoms. The molecule has 0 saturated carbocycles. The first-order valence-corrected chi connectivity index (χ1v) is 12.4. The Morgan fingerprint density at radius 1 is 0.865 bits per heavy atom. The van der Waals surface area contributed by atoms with E-state index in [0.717, 1.165) is 33.7 Å². The number of hydrogen-bond donors (Lipinski definition) is 0. The predicted octanol–water partition coefficient (Wildman–Crippen LogP) is 5.84. The highest BCUT2D eigenvalue weighted by Crippen LogP contribution is 2.37. The number of carbonyl (C=O) groups excluding carboxylic acids is 1. The van der Waals surface area contributed by atoms with Crippen molar-refractivity contribution in [3.8, 4) is 16.8 Å². The van der Waals surface area contributed by atoms with Crippen molar-refractivity contribution in [3.63, 3.8) is 0 Å². The SMILES string of the molecule is O=C(c1cccc(Cl)c1)N1CCN(c2ncnc3c2c(-c2ccccc2)cn3-c2ccc(F)cc2)CC1. The van der Waals surface area contributed by atoms with Gasteiger partial charge in [0.25, 0.3) is 5.91 Å². The Kier molecular flexibility index (Phi) is 6.06. The minimum atomic E-state index is -0.288. The predicted molar refractivity (Wildman–Crippen MR) is 144 cm³/mol. The number of halogens is 2. The van der Waals surface area contributed by atoms with Gasteiger partial charge in [-0.2, -0.15) is 0 Å². The van der Waals surface area contributed by atoms with Crippen LogP contribution in [0.1, 0.15) is 10.4 Å². The maximum absolute atomic E-state index is 13.6. The number of anilines is 1. The second-order valence-electron chi connectivity index (χ2n) is 8.94. The summed E-state index contributed by atoms with van der Waals surface area (Å²) in [6.45, 7) is 2.40. The molecule has 1 saturated heterocycles. The summed E-state index contributed by atoms with van der Waals surface area (Å²) in [6.07, 6.45) is 3.60. The first-order chi connectivity index (χ1) is 18.1. The zero-order valence-electron chi connectivity index (χ0n) is 19.9. The molecular weight excluding hydrogens is 489 g/mol. The summed E-state index contributed by atoms with van der Waals surface area (Å²) in [5.41, 5.74) is 4.18. The van der Waals surface area contributed by atoms with Crippen molar-refractivity contribution >= 4 is 34.4 Å². The Bertz CT molecular complexity index is 1580. The number of carbonyl (C=O) groups is 1. The molecule has 1 aliphatic rings. The molecule has 2 aromatic heterocycles. The van der Waals surface area contributed by atoms with Crippen LogP contribution in [0.15, 0.2) is 91.4 Å². The van der Waals surface area contributed by atoms with E-state index in [4.69, 9.17) is 16.6 Å². The normalized spacial score (nSPS) is 13.8. The van der Waals surface area contributed by atoms with E-state index in [1.807, 2.05) is 33.9 Å². The number of nitrogens with zero attached hydrogens (tertiary/aromatic N) is 5. The molecule has 1 aliphatic heterocycles. The molecule has 0 aliphatic carbocycles. The van der Waals surface area contributed by atoms with E-state index in [1.165, 1.54) is 12.1 Å². The van der Waals surface area contributed by atoms with E-state index in [2.05, 4.69) is 22.0 Å². The molecule has 0 radical (unpaired) electrons. The number of fused-ring (bicyclic) bond motifs is 1. The van der Waals surface area contributed by atoms with Gasteiger partial charge in [0.2, 0.25) is 0 Å². The third-order valence-corrected chi connectivity index (χ3v) is 6.93. The van der Waals surface area contributed by atoms with Gasteiger partial charge in [-0.15, -0.1) is 0 Å². The average molecular weight is 512 g/mol. The molecule has 3 heterocycles. The maximum Gasteiger partial charge on any atom is 0.254 e. The van der Waals surface area contributed by atoms with Crippen LogP contribution in [0, 0.1) is 5.82 Å². The number of benzene rings is 3. The van der Waals surface area contributed by atoms with Gasteiger partial charge in [0.1, 0.15) is 18.0 Å².